The van der Waals surface area contributed by atoms with Crippen LogP contribution in [0, 0.1) is 6.92 Å². The van der Waals surface area contributed by atoms with Gasteiger partial charge in [-0.25, -0.2) is 4.98 Å². The molecule has 6 heteroatoms. The van der Waals surface area contributed by atoms with E-state index in [0.717, 1.165) is 17.8 Å². The molecule has 0 radical (unpaired) electrons. The Kier molecular flexibility index (Phi) is 4.34. The number of carbonyl (C=O) groups is 1. The smallest absolute Gasteiger partial charge is 0.251 e. The highest BCUT2D eigenvalue weighted by molar-refractivity contribution is 5.95. The van der Waals surface area contributed by atoms with Crippen molar-refractivity contribution in [3.05, 3.63) is 41.5 Å². The van der Waals surface area contributed by atoms with E-state index in [1.807, 2.05) is 32.0 Å². The summed E-state index contributed by atoms with van der Waals surface area (Å²) in [7, 11) is 1.79. The van der Waals surface area contributed by atoms with Gasteiger partial charge >= 0.3 is 0 Å². The van der Waals surface area contributed by atoms with E-state index in [4.69, 9.17) is 0 Å². The van der Waals surface area contributed by atoms with Gasteiger partial charge in [0.05, 0.1) is 6.54 Å². The minimum atomic E-state index is -0.113. The number of anilines is 1. The van der Waals surface area contributed by atoms with Crippen LogP contribution in [0.1, 0.15) is 28.7 Å². The fraction of sp³-hybridized carbons (Fsp3) is 0.357. The predicted octanol–water partition coefficient (Wildman–Crippen LogP) is 1.49. The summed E-state index contributed by atoms with van der Waals surface area (Å²) >= 11 is 0. The largest absolute Gasteiger partial charge is 0.385 e. The molecule has 6 nitrogen and oxygen atoms in total. The van der Waals surface area contributed by atoms with Crippen molar-refractivity contribution >= 4 is 11.6 Å². The molecule has 0 aliphatic carbocycles. The Hall–Kier alpha value is -2.37. The maximum Gasteiger partial charge on any atom is 0.251 e. The Morgan fingerprint density at radius 3 is 2.80 bits per heavy atom. The Labute approximate surface area is 118 Å². The van der Waals surface area contributed by atoms with Gasteiger partial charge in [-0.15, -0.1) is 0 Å². The average Bonchev–Trinajstić information content (AvgIpc) is 2.82. The number of hydrogen-bond donors (Lipinski definition) is 2. The lowest BCUT2D eigenvalue weighted by Gasteiger charge is -2.09. The van der Waals surface area contributed by atoms with E-state index >= 15 is 0 Å². The SMILES string of the molecule is CCNc1ccc(C(=O)NCc2ncn(C)n2)c(C)c1. The van der Waals surface area contributed by atoms with E-state index in [2.05, 4.69) is 20.7 Å². The molecule has 1 aromatic heterocycles. The molecule has 0 saturated carbocycles. The summed E-state index contributed by atoms with van der Waals surface area (Å²) in [5, 5.41) is 10.2. The van der Waals surface area contributed by atoms with Gasteiger partial charge in [0.2, 0.25) is 0 Å². The van der Waals surface area contributed by atoms with Crippen LogP contribution in [-0.2, 0) is 13.6 Å². The third-order valence-corrected chi connectivity index (χ3v) is 2.91. The first-order valence-corrected chi connectivity index (χ1v) is 6.57. The Balaban J connectivity index is 2.01. The maximum atomic E-state index is 12.1. The summed E-state index contributed by atoms with van der Waals surface area (Å²) in [5.74, 6) is 0.487. The standard InChI is InChI=1S/C14H19N5O/c1-4-15-11-5-6-12(10(2)7-11)14(20)16-8-13-17-9-19(3)18-13/h5-7,9,15H,4,8H2,1-3H3,(H,16,20). The van der Waals surface area contributed by atoms with Crippen LogP contribution in [0.2, 0.25) is 0 Å². The molecule has 1 heterocycles. The zero-order valence-electron chi connectivity index (χ0n) is 12.0. The number of benzene rings is 1. The maximum absolute atomic E-state index is 12.1. The van der Waals surface area contributed by atoms with Crippen molar-refractivity contribution in [2.75, 3.05) is 11.9 Å². The van der Waals surface area contributed by atoms with Crippen LogP contribution >= 0.6 is 0 Å². The third-order valence-electron chi connectivity index (χ3n) is 2.91. The van der Waals surface area contributed by atoms with Crippen molar-refractivity contribution in [3.8, 4) is 0 Å². The fourth-order valence-electron chi connectivity index (χ4n) is 1.95. The molecule has 0 atom stereocenters. The van der Waals surface area contributed by atoms with E-state index < -0.39 is 0 Å². The van der Waals surface area contributed by atoms with E-state index in [9.17, 15) is 4.79 Å². The van der Waals surface area contributed by atoms with Gasteiger partial charge in [-0.05, 0) is 37.6 Å². The molecular weight excluding hydrogens is 254 g/mol. The highest BCUT2D eigenvalue weighted by atomic mass is 16.1. The predicted molar refractivity (Wildman–Crippen MR) is 77.5 cm³/mol. The van der Waals surface area contributed by atoms with E-state index in [1.54, 1.807) is 18.1 Å². The molecule has 2 rings (SSSR count). The minimum absolute atomic E-state index is 0.113. The van der Waals surface area contributed by atoms with Gasteiger partial charge < -0.3 is 10.6 Å². The lowest BCUT2D eigenvalue weighted by molar-refractivity contribution is 0.0949. The van der Waals surface area contributed by atoms with E-state index in [1.165, 1.54) is 0 Å². The topological polar surface area (TPSA) is 71.8 Å². The van der Waals surface area contributed by atoms with Crippen molar-refractivity contribution in [2.24, 2.45) is 7.05 Å². The molecule has 0 bridgehead atoms. The van der Waals surface area contributed by atoms with Crippen molar-refractivity contribution in [2.45, 2.75) is 20.4 Å². The van der Waals surface area contributed by atoms with Gasteiger partial charge in [-0.1, -0.05) is 0 Å². The molecule has 106 valence electrons. The third kappa shape index (κ3) is 3.34. The number of nitrogens with zero attached hydrogens (tertiary/aromatic N) is 3. The molecule has 0 fully saturated rings. The Bertz CT molecular complexity index is 605. The fourth-order valence-corrected chi connectivity index (χ4v) is 1.95. The molecule has 1 amide bonds. The molecule has 2 aromatic rings. The van der Waals surface area contributed by atoms with Gasteiger partial charge in [0, 0.05) is 24.8 Å². The van der Waals surface area contributed by atoms with Crippen LogP contribution in [-0.4, -0.2) is 27.2 Å². The van der Waals surface area contributed by atoms with Crippen LogP contribution in [0.3, 0.4) is 0 Å². The van der Waals surface area contributed by atoms with Crippen LogP contribution in [0.4, 0.5) is 5.69 Å². The van der Waals surface area contributed by atoms with E-state index in [-0.39, 0.29) is 5.91 Å². The van der Waals surface area contributed by atoms with Gasteiger partial charge in [0.25, 0.3) is 5.91 Å². The molecule has 1 aromatic carbocycles. The number of aryl methyl sites for hydroxylation is 2. The zero-order valence-corrected chi connectivity index (χ0v) is 12.0. The molecular formula is C14H19N5O. The Morgan fingerprint density at radius 1 is 1.40 bits per heavy atom. The van der Waals surface area contributed by atoms with Crippen molar-refractivity contribution in [1.82, 2.24) is 20.1 Å². The average molecular weight is 273 g/mol. The second-order valence-electron chi connectivity index (χ2n) is 4.58. The summed E-state index contributed by atoms with van der Waals surface area (Å²) in [6.45, 7) is 5.15. The van der Waals surface area contributed by atoms with Crippen LogP contribution in [0.5, 0.6) is 0 Å². The highest BCUT2D eigenvalue weighted by Gasteiger charge is 2.10. The first-order chi connectivity index (χ1) is 9.60. The molecule has 20 heavy (non-hydrogen) atoms. The molecule has 2 N–H and O–H groups in total. The summed E-state index contributed by atoms with van der Waals surface area (Å²) in [4.78, 5) is 16.2. The molecule has 0 saturated heterocycles. The van der Waals surface area contributed by atoms with E-state index in [0.29, 0.717) is 17.9 Å². The van der Waals surface area contributed by atoms with Crippen LogP contribution < -0.4 is 10.6 Å². The summed E-state index contributed by atoms with van der Waals surface area (Å²) < 4.78 is 1.61. The summed E-state index contributed by atoms with van der Waals surface area (Å²) in [6.07, 6.45) is 1.61. The first kappa shape index (κ1) is 14.0. The number of hydrogen-bond acceptors (Lipinski definition) is 4. The van der Waals surface area contributed by atoms with Crippen molar-refractivity contribution in [3.63, 3.8) is 0 Å². The number of amides is 1. The van der Waals surface area contributed by atoms with Crippen LogP contribution in [0.25, 0.3) is 0 Å². The Morgan fingerprint density at radius 2 is 2.20 bits per heavy atom. The van der Waals surface area contributed by atoms with Gasteiger partial charge in [0.15, 0.2) is 5.82 Å². The normalized spacial score (nSPS) is 10.3. The number of nitrogens with one attached hydrogen (secondary N) is 2. The minimum Gasteiger partial charge on any atom is -0.385 e. The summed E-state index contributed by atoms with van der Waals surface area (Å²) in [6, 6.07) is 5.70. The van der Waals surface area contributed by atoms with Crippen LogP contribution in [0.15, 0.2) is 24.5 Å². The zero-order chi connectivity index (χ0) is 14.5. The summed E-state index contributed by atoms with van der Waals surface area (Å²) in [5.41, 5.74) is 2.63. The molecule has 0 spiro atoms. The molecule has 0 unspecified atom stereocenters. The lowest BCUT2D eigenvalue weighted by Crippen LogP contribution is -2.24. The van der Waals surface area contributed by atoms with Crippen molar-refractivity contribution in [1.29, 1.82) is 0 Å². The van der Waals surface area contributed by atoms with Gasteiger partial charge in [-0.2, -0.15) is 5.10 Å². The quantitative estimate of drug-likeness (QED) is 0.865. The number of rotatable bonds is 5. The second-order valence-corrected chi connectivity index (χ2v) is 4.58. The van der Waals surface area contributed by atoms with Gasteiger partial charge in [-0.3, -0.25) is 9.48 Å². The number of carbonyl (C=O) groups excluding carboxylic acids is 1. The second kappa shape index (κ2) is 6.18. The monoisotopic (exact) mass is 273 g/mol. The van der Waals surface area contributed by atoms with Crippen molar-refractivity contribution < 1.29 is 4.79 Å². The van der Waals surface area contributed by atoms with Gasteiger partial charge in [0.1, 0.15) is 6.33 Å². The molecule has 0 aliphatic heterocycles. The highest BCUT2D eigenvalue weighted by Crippen LogP contribution is 2.15. The molecule has 0 aliphatic rings. The number of aromatic nitrogens is 3. The lowest BCUT2D eigenvalue weighted by atomic mass is 10.1. The first-order valence-electron chi connectivity index (χ1n) is 6.57.